The Morgan fingerprint density at radius 1 is 0.794 bits per heavy atom. The third-order valence-electron chi connectivity index (χ3n) is 5.37. The van der Waals surface area contributed by atoms with Crippen molar-refractivity contribution in [2.45, 2.75) is 6.92 Å². The molecule has 2 amide bonds. The molecule has 34 heavy (non-hydrogen) atoms. The highest BCUT2D eigenvalue weighted by molar-refractivity contribution is 6.05. The van der Waals surface area contributed by atoms with Crippen LogP contribution in [0.1, 0.15) is 26.3 Å². The average Bonchev–Trinajstić information content (AvgIpc) is 3.29. The maximum absolute atomic E-state index is 12.5. The van der Waals surface area contributed by atoms with Crippen molar-refractivity contribution in [1.82, 2.24) is 15.0 Å². The van der Waals surface area contributed by atoms with Crippen molar-refractivity contribution in [1.29, 1.82) is 0 Å². The number of hydrogen-bond donors (Lipinski definition) is 3. The lowest BCUT2D eigenvalue weighted by Gasteiger charge is -2.05. The zero-order valence-corrected chi connectivity index (χ0v) is 18.4. The molecule has 0 radical (unpaired) electrons. The first-order valence-electron chi connectivity index (χ1n) is 10.8. The van der Waals surface area contributed by atoms with Crippen LogP contribution in [0.2, 0.25) is 0 Å². The van der Waals surface area contributed by atoms with Crippen molar-refractivity contribution < 1.29 is 9.59 Å². The first-order chi connectivity index (χ1) is 16.5. The standard InChI is InChI=1S/C27H21N5O2/c1-17-7-9-20(10-8-17)27(34)32-24-15-22-23(16-28-24)31-25(30-22)18-11-13-21(14-12-18)29-26(33)19-5-3-2-4-6-19/h2-16H,1H3,(H,29,33)(H,30,31)(H,28,32,34). The number of rotatable bonds is 5. The maximum Gasteiger partial charge on any atom is 0.256 e. The van der Waals surface area contributed by atoms with Crippen LogP contribution in [0.15, 0.2) is 91.1 Å². The van der Waals surface area contributed by atoms with Gasteiger partial charge < -0.3 is 15.6 Å². The molecule has 3 aromatic carbocycles. The number of imidazole rings is 1. The second kappa shape index (κ2) is 8.99. The number of anilines is 2. The molecule has 2 heterocycles. The minimum absolute atomic E-state index is 0.164. The van der Waals surface area contributed by atoms with Crippen molar-refractivity contribution >= 4 is 34.4 Å². The lowest BCUT2D eigenvalue weighted by atomic mass is 10.1. The van der Waals surface area contributed by atoms with Crippen LogP contribution in [0.5, 0.6) is 0 Å². The van der Waals surface area contributed by atoms with Gasteiger partial charge in [0, 0.05) is 28.4 Å². The zero-order chi connectivity index (χ0) is 23.5. The lowest BCUT2D eigenvalue weighted by molar-refractivity contribution is 0.101. The van der Waals surface area contributed by atoms with E-state index in [1.54, 1.807) is 36.5 Å². The quantitative estimate of drug-likeness (QED) is 0.334. The van der Waals surface area contributed by atoms with Gasteiger partial charge in [-0.15, -0.1) is 0 Å². The van der Waals surface area contributed by atoms with E-state index in [0.29, 0.717) is 34.0 Å². The Balaban J connectivity index is 1.31. The zero-order valence-electron chi connectivity index (χ0n) is 18.4. The van der Waals surface area contributed by atoms with E-state index in [2.05, 4.69) is 25.6 Å². The molecule has 0 unspecified atom stereocenters. The minimum atomic E-state index is -0.226. The van der Waals surface area contributed by atoms with E-state index in [1.165, 1.54) is 0 Å². The molecule has 0 atom stereocenters. The summed E-state index contributed by atoms with van der Waals surface area (Å²) < 4.78 is 0. The Bertz CT molecular complexity index is 1470. The molecule has 5 aromatic rings. The van der Waals surface area contributed by atoms with E-state index >= 15 is 0 Å². The summed E-state index contributed by atoms with van der Waals surface area (Å²) in [4.78, 5) is 37.0. The van der Waals surface area contributed by atoms with Gasteiger partial charge in [0.05, 0.1) is 17.2 Å². The summed E-state index contributed by atoms with van der Waals surface area (Å²) in [6.07, 6.45) is 1.64. The first-order valence-corrected chi connectivity index (χ1v) is 10.8. The normalized spacial score (nSPS) is 10.7. The Labute approximate surface area is 195 Å². The van der Waals surface area contributed by atoms with Crippen LogP contribution < -0.4 is 10.6 Å². The number of pyridine rings is 1. The molecule has 0 aliphatic carbocycles. The van der Waals surface area contributed by atoms with Gasteiger partial charge in [0.25, 0.3) is 11.8 Å². The van der Waals surface area contributed by atoms with Crippen LogP contribution >= 0.6 is 0 Å². The van der Waals surface area contributed by atoms with E-state index in [-0.39, 0.29) is 11.8 Å². The molecule has 0 saturated carbocycles. The molecule has 5 rings (SSSR count). The van der Waals surface area contributed by atoms with Crippen molar-refractivity contribution in [3.8, 4) is 11.4 Å². The second-order valence-electron chi connectivity index (χ2n) is 7.89. The molecular weight excluding hydrogens is 426 g/mol. The highest BCUT2D eigenvalue weighted by atomic mass is 16.2. The molecule has 0 bridgehead atoms. The molecule has 7 nitrogen and oxygen atoms in total. The summed E-state index contributed by atoms with van der Waals surface area (Å²) in [5, 5.41) is 5.70. The van der Waals surface area contributed by atoms with E-state index in [1.807, 2.05) is 61.5 Å². The molecule has 2 aromatic heterocycles. The fourth-order valence-corrected chi connectivity index (χ4v) is 3.51. The Kier molecular flexibility index (Phi) is 5.58. The molecule has 0 spiro atoms. The van der Waals surface area contributed by atoms with Crippen LogP contribution in [-0.2, 0) is 0 Å². The molecule has 0 aliphatic rings. The monoisotopic (exact) mass is 447 g/mol. The van der Waals surface area contributed by atoms with Crippen LogP contribution in [-0.4, -0.2) is 26.8 Å². The van der Waals surface area contributed by atoms with E-state index in [4.69, 9.17) is 0 Å². The Hall–Kier alpha value is -4.78. The summed E-state index contributed by atoms with van der Waals surface area (Å²) in [6, 6.07) is 25.6. The number of hydrogen-bond acceptors (Lipinski definition) is 4. The summed E-state index contributed by atoms with van der Waals surface area (Å²) in [5.41, 5.74) is 5.24. The molecule has 0 saturated heterocycles. The van der Waals surface area contributed by atoms with Gasteiger partial charge in [0.2, 0.25) is 0 Å². The second-order valence-corrected chi connectivity index (χ2v) is 7.89. The molecular formula is C27H21N5O2. The average molecular weight is 447 g/mol. The van der Waals surface area contributed by atoms with E-state index in [0.717, 1.165) is 16.6 Å². The lowest BCUT2D eigenvalue weighted by Crippen LogP contribution is -2.12. The molecule has 0 aliphatic heterocycles. The number of H-pyrrole nitrogens is 1. The maximum atomic E-state index is 12.5. The fourth-order valence-electron chi connectivity index (χ4n) is 3.51. The highest BCUT2D eigenvalue weighted by Gasteiger charge is 2.11. The third kappa shape index (κ3) is 4.54. The number of aromatic amines is 1. The predicted molar refractivity (Wildman–Crippen MR) is 133 cm³/mol. The van der Waals surface area contributed by atoms with Gasteiger partial charge in [-0.1, -0.05) is 35.9 Å². The number of aryl methyl sites for hydroxylation is 1. The minimum Gasteiger partial charge on any atom is -0.337 e. The van der Waals surface area contributed by atoms with Gasteiger partial charge in [0.1, 0.15) is 11.6 Å². The van der Waals surface area contributed by atoms with Crippen LogP contribution in [0.4, 0.5) is 11.5 Å². The van der Waals surface area contributed by atoms with Crippen molar-refractivity contribution in [2.75, 3.05) is 10.6 Å². The topological polar surface area (TPSA) is 99.8 Å². The number of amides is 2. The Morgan fingerprint density at radius 2 is 1.47 bits per heavy atom. The summed E-state index contributed by atoms with van der Waals surface area (Å²) in [6.45, 7) is 1.97. The van der Waals surface area contributed by atoms with E-state index < -0.39 is 0 Å². The van der Waals surface area contributed by atoms with Gasteiger partial charge >= 0.3 is 0 Å². The van der Waals surface area contributed by atoms with Gasteiger partial charge in [-0.2, -0.15) is 0 Å². The van der Waals surface area contributed by atoms with Crippen molar-refractivity contribution in [2.24, 2.45) is 0 Å². The number of benzene rings is 3. The molecule has 0 fully saturated rings. The SMILES string of the molecule is Cc1ccc(C(=O)Nc2cc3nc(-c4ccc(NC(=O)c5ccccc5)cc4)[nH]c3cn2)cc1. The molecule has 3 N–H and O–H groups in total. The van der Waals surface area contributed by atoms with Crippen molar-refractivity contribution in [3.63, 3.8) is 0 Å². The van der Waals surface area contributed by atoms with E-state index in [9.17, 15) is 9.59 Å². The number of fused-ring (bicyclic) bond motifs is 1. The third-order valence-corrected chi connectivity index (χ3v) is 5.37. The summed E-state index contributed by atoms with van der Waals surface area (Å²) in [7, 11) is 0. The smallest absolute Gasteiger partial charge is 0.256 e. The van der Waals surface area contributed by atoms with Crippen LogP contribution in [0.25, 0.3) is 22.4 Å². The number of nitrogens with zero attached hydrogens (tertiary/aromatic N) is 2. The number of carbonyl (C=O) groups is 2. The number of carbonyl (C=O) groups excluding carboxylic acids is 2. The highest BCUT2D eigenvalue weighted by Crippen LogP contribution is 2.23. The van der Waals surface area contributed by atoms with Gasteiger partial charge in [0.15, 0.2) is 0 Å². The largest absolute Gasteiger partial charge is 0.337 e. The number of aromatic nitrogens is 3. The fraction of sp³-hybridized carbons (Fsp3) is 0.0370. The van der Waals surface area contributed by atoms with Gasteiger partial charge in [-0.25, -0.2) is 9.97 Å². The van der Waals surface area contributed by atoms with Crippen molar-refractivity contribution in [3.05, 3.63) is 108 Å². The molecule has 166 valence electrons. The summed E-state index contributed by atoms with van der Waals surface area (Å²) in [5.74, 6) is 0.703. The Morgan fingerprint density at radius 3 is 2.21 bits per heavy atom. The number of nitrogens with one attached hydrogen (secondary N) is 3. The van der Waals surface area contributed by atoms with Gasteiger partial charge in [-0.3, -0.25) is 9.59 Å². The summed E-state index contributed by atoms with van der Waals surface area (Å²) >= 11 is 0. The van der Waals surface area contributed by atoms with Gasteiger partial charge in [-0.05, 0) is 55.5 Å². The predicted octanol–water partition coefficient (Wildman–Crippen LogP) is 5.44. The van der Waals surface area contributed by atoms with Crippen LogP contribution in [0.3, 0.4) is 0 Å². The van der Waals surface area contributed by atoms with Crippen LogP contribution in [0, 0.1) is 6.92 Å². The molecule has 7 heteroatoms. The first kappa shape index (κ1) is 21.1.